The first-order valence-corrected chi connectivity index (χ1v) is 9.14. The normalized spacial score (nSPS) is 12.3. The molecule has 0 bridgehead atoms. The van der Waals surface area contributed by atoms with E-state index in [4.69, 9.17) is 10.9 Å². The first kappa shape index (κ1) is 16.7. The van der Waals surface area contributed by atoms with Crippen LogP contribution in [-0.4, -0.2) is 36.2 Å². The van der Waals surface area contributed by atoms with Crippen molar-refractivity contribution in [3.8, 4) is 0 Å². The van der Waals surface area contributed by atoms with Gasteiger partial charge in [0.25, 0.3) is 0 Å². The van der Waals surface area contributed by atoms with Gasteiger partial charge in [0.05, 0.1) is 22.5 Å². The van der Waals surface area contributed by atoms with Crippen molar-refractivity contribution in [2.24, 2.45) is 5.14 Å². The predicted molar refractivity (Wildman–Crippen MR) is 78.2 cm³/mol. The summed E-state index contributed by atoms with van der Waals surface area (Å²) in [5, 5.41) is 7.97. The van der Waals surface area contributed by atoms with E-state index in [0.717, 1.165) is 6.26 Å². The van der Waals surface area contributed by atoms with Gasteiger partial charge in [0.15, 0.2) is 0 Å². The SMILES string of the molecule is CS(=O)(=O)NCCCNc1ccc(S(N)(=O)=O)cc1N. The second-order valence-corrected chi connectivity index (χ2v) is 7.64. The molecule has 0 aromatic heterocycles. The van der Waals surface area contributed by atoms with E-state index in [0.29, 0.717) is 25.2 Å². The maximum atomic E-state index is 11.1. The van der Waals surface area contributed by atoms with Crippen molar-refractivity contribution in [2.45, 2.75) is 11.3 Å². The van der Waals surface area contributed by atoms with Crippen LogP contribution < -0.4 is 20.9 Å². The Morgan fingerprint density at radius 1 is 1.15 bits per heavy atom. The van der Waals surface area contributed by atoms with Crippen LogP contribution in [0, 0.1) is 0 Å². The quantitative estimate of drug-likeness (QED) is 0.384. The molecule has 10 heteroatoms. The molecule has 0 fully saturated rings. The third-order valence-corrected chi connectivity index (χ3v) is 4.02. The summed E-state index contributed by atoms with van der Waals surface area (Å²) in [7, 11) is -6.95. The number of anilines is 2. The van der Waals surface area contributed by atoms with E-state index < -0.39 is 20.0 Å². The minimum atomic E-state index is -3.77. The number of sulfonamides is 2. The third kappa shape index (κ3) is 5.74. The summed E-state index contributed by atoms with van der Waals surface area (Å²) in [4.78, 5) is -0.0562. The predicted octanol–water partition coefficient (Wildman–Crippen LogP) is -0.733. The highest BCUT2D eigenvalue weighted by atomic mass is 32.2. The monoisotopic (exact) mass is 322 g/mol. The first-order valence-electron chi connectivity index (χ1n) is 5.70. The van der Waals surface area contributed by atoms with Crippen LogP contribution in [0.15, 0.2) is 23.1 Å². The molecule has 1 aromatic carbocycles. The Kier molecular flexibility index (Phi) is 5.34. The van der Waals surface area contributed by atoms with E-state index in [1.165, 1.54) is 18.2 Å². The number of hydrogen-bond donors (Lipinski definition) is 4. The molecule has 0 atom stereocenters. The van der Waals surface area contributed by atoms with Crippen LogP contribution in [-0.2, 0) is 20.0 Å². The zero-order chi connectivity index (χ0) is 15.4. The van der Waals surface area contributed by atoms with Gasteiger partial charge in [-0.25, -0.2) is 26.7 Å². The topological polar surface area (TPSA) is 144 Å². The van der Waals surface area contributed by atoms with Gasteiger partial charge in [-0.15, -0.1) is 0 Å². The average Bonchev–Trinajstić information content (AvgIpc) is 2.27. The van der Waals surface area contributed by atoms with Crippen molar-refractivity contribution >= 4 is 31.4 Å². The molecule has 0 aliphatic heterocycles. The van der Waals surface area contributed by atoms with Gasteiger partial charge in [-0.1, -0.05) is 0 Å². The van der Waals surface area contributed by atoms with Crippen molar-refractivity contribution < 1.29 is 16.8 Å². The molecule has 0 unspecified atom stereocenters. The van der Waals surface area contributed by atoms with Gasteiger partial charge in [-0.05, 0) is 24.6 Å². The molecule has 0 amide bonds. The van der Waals surface area contributed by atoms with Gasteiger partial charge < -0.3 is 11.1 Å². The number of primary sulfonamides is 1. The highest BCUT2D eigenvalue weighted by Gasteiger charge is 2.09. The number of nitrogens with one attached hydrogen (secondary N) is 2. The average molecular weight is 322 g/mol. The molecule has 114 valence electrons. The number of nitrogens with two attached hydrogens (primary N) is 2. The lowest BCUT2D eigenvalue weighted by Crippen LogP contribution is -2.24. The summed E-state index contributed by atoms with van der Waals surface area (Å²) >= 11 is 0. The van der Waals surface area contributed by atoms with Crippen molar-refractivity contribution in [1.82, 2.24) is 4.72 Å². The zero-order valence-corrected chi connectivity index (χ0v) is 12.6. The molecule has 0 heterocycles. The minimum absolute atomic E-state index is 0.0562. The molecule has 1 aromatic rings. The second kappa shape index (κ2) is 6.39. The molecule has 1 rings (SSSR count). The molecule has 6 N–H and O–H groups in total. The number of rotatable bonds is 7. The van der Waals surface area contributed by atoms with Crippen molar-refractivity contribution in [3.05, 3.63) is 18.2 Å². The molecule has 8 nitrogen and oxygen atoms in total. The Labute approximate surface area is 118 Å². The summed E-state index contributed by atoms with van der Waals surface area (Å²) in [5.74, 6) is 0. The van der Waals surface area contributed by atoms with E-state index >= 15 is 0 Å². The van der Waals surface area contributed by atoms with Gasteiger partial charge >= 0.3 is 0 Å². The molecular weight excluding hydrogens is 304 g/mol. The van der Waals surface area contributed by atoms with E-state index in [9.17, 15) is 16.8 Å². The van der Waals surface area contributed by atoms with Crippen LogP contribution >= 0.6 is 0 Å². The maximum absolute atomic E-state index is 11.1. The molecule has 0 saturated carbocycles. The van der Waals surface area contributed by atoms with E-state index in [2.05, 4.69) is 10.0 Å². The van der Waals surface area contributed by atoms with Gasteiger partial charge in [0.2, 0.25) is 20.0 Å². The summed E-state index contributed by atoms with van der Waals surface area (Å²) in [5.41, 5.74) is 6.53. The fourth-order valence-corrected chi connectivity index (χ4v) is 2.51. The molecular formula is C10H18N4O4S2. The molecule has 0 spiro atoms. The summed E-state index contributed by atoms with van der Waals surface area (Å²) in [6.45, 7) is 0.794. The fraction of sp³-hybridized carbons (Fsp3) is 0.400. The second-order valence-electron chi connectivity index (χ2n) is 4.24. The number of benzene rings is 1. The lowest BCUT2D eigenvalue weighted by Gasteiger charge is -2.10. The Morgan fingerprint density at radius 2 is 1.80 bits per heavy atom. The van der Waals surface area contributed by atoms with Crippen LogP contribution in [0.2, 0.25) is 0 Å². The van der Waals surface area contributed by atoms with Crippen molar-refractivity contribution in [2.75, 3.05) is 30.4 Å². The smallest absolute Gasteiger partial charge is 0.238 e. The Hall–Kier alpha value is -1.36. The molecule has 20 heavy (non-hydrogen) atoms. The number of nitrogen functional groups attached to an aromatic ring is 1. The lowest BCUT2D eigenvalue weighted by molar-refractivity contribution is 0.586. The van der Waals surface area contributed by atoms with E-state index in [1.807, 2.05) is 0 Å². The molecule has 0 saturated heterocycles. The Bertz CT molecular complexity index is 670. The van der Waals surface area contributed by atoms with Gasteiger partial charge in [0.1, 0.15) is 0 Å². The summed E-state index contributed by atoms with van der Waals surface area (Å²) in [6.07, 6.45) is 1.65. The van der Waals surface area contributed by atoms with Crippen molar-refractivity contribution in [1.29, 1.82) is 0 Å². The van der Waals surface area contributed by atoms with E-state index in [-0.39, 0.29) is 10.6 Å². The highest BCUT2D eigenvalue weighted by molar-refractivity contribution is 7.89. The van der Waals surface area contributed by atoms with Crippen LogP contribution in [0.3, 0.4) is 0 Å². The van der Waals surface area contributed by atoms with Crippen LogP contribution in [0.4, 0.5) is 11.4 Å². The molecule has 0 radical (unpaired) electrons. The lowest BCUT2D eigenvalue weighted by atomic mass is 10.2. The Balaban J connectivity index is 2.54. The van der Waals surface area contributed by atoms with Crippen LogP contribution in [0.25, 0.3) is 0 Å². The summed E-state index contributed by atoms with van der Waals surface area (Å²) < 4.78 is 46.3. The highest BCUT2D eigenvalue weighted by Crippen LogP contribution is 2.21. The van der Waals surface area contributed by atoms with Crippen molar-refractivity contribution in [3.63, 3.8) is 0 Å². The number of hydrogen-bond acceptors (Lipinski definition) is 6. The van der Waals surface area contributed by atoms with Crippen LogP contribution in [0.5, 0.6) is 0 Å². The minimum Gasteiger partial charge on any atom is -0.397 e. The first-order chi connectivity index (χ1) is 9.09. The summed E-state index contributed by atoms with van der Waals surface area (Å²) in [6, 6.07) is 4.13. The largest absolute Gasteiger partial charge is 0.397 e. The fourth-order valence-electron chi connectivity index (χ4n) is 1.45. The van der Waals surface area contributed by atoms with Gasteiger partial charge in [0, 0.05) is 13.1 Å². The van der Waals surface area contributed by atoms with E-state index in [1.54, 1.807) is 0 Å². The van der Waals surface area contributed by atoms with Crippen LogP contribution in [0.1, 0.15) is 6.42 Å². The zero-order valence-electron chi connectivity index (χ0n) is 11.0. The maximum Gasteiger partial charge on any atom is 0.238 e. The molecule has 0 aliphatic rings. The van der Waals surface area contributed by atoms with Gasteiger partial charge in [-0.3, -0.25) is 0 Å². The molecule has 0 aliphatic carbocycles. The standard InChI is InChI=1S/C10H18N4O4S2/c1-19(15,16)14-6-2-5-13-10-4-3-8(7-9(10)11)20(12,17)18/h3-4,7,13-14H,2,5-6,11H2,1H3,(H2,12,17,18). The third-order valence-electron chi connectivity index (χ3n) is 2.38. The van der Waals surface area contributed by atoms with Gasteiger partial charge in [-0.2, -0.15) is 0 Å². The Morgan fingerprint density at radius 3 is 2.30 bits per heavy atom.